The Morgan fingerprint density at radius 2 is 1.84 bits per heavy atom. The Balaban J connectivity index is 1.45. The van der Waals surface area contributed by atoms with Crippen LogP contribution in [0.2, 0.25) is 0 Å². The normalized spacial score (nSPS) is 17.5. The van der Waals surface area contributed by atoms with Gasteiger partial charge in [-0.25, -0.2) is 0 Å². The Hall–Kier alpha value is -2.05. The monoisotopic (exact) mass is 433 g/mol. The maximum atomic E-state index is 13.1. The second kappa shape index (κ2) is 11.0. The van der Waals surface area contributed by atoms with Gasteiger partial charge in [-0.1, -0.05) is 43.3 Å². The molecule has 1 aliphatic heterocycles. The molecule has 31 heavy (non-hydrogen) atoms. The molecule has 0 radical (unpaired) electrons. The molecule has 6 heteroatoms. The van der Waals surface area contributed by atoms with Crippen LogP contribution in [0.15, 0.2) is 48.5 Å². The van der Waals surface area contributed by atoms with Crippen LogP contribution in [0.1, 0.15) is 48.8 Å². The summed E-state index contributed by atoms with van der Waals surface area (Å²) in [5.74, 6) is 0.626. The summed E-state index contributed by atoms with van der Waals surface area (Å²) in [4.78, 5) is 4.91. The molecule has 3 rings (SSSR count). The zero-order valence-electron chi connectivity index (χ0n) is 18.4. The van der Waals surface area contributed by atoms with Crippen LogP contribution in [0.3, 0.4) is 0 Å². The minimum Gasteiger partial charge on any atom is -0.398 e. The number of halogens is 3. The maximum absolute atomic E-state index is 13.1. The van der Waals surface area contributed by atoms with Crippen molar-refractivity contribution in [2.45, 2.75) is 44.7 Å². The van der Waals surface area contributed by atoms with E-state index in [-0.39, 0.29) is 5.69 Å². The lowest BCUT2D eigenvalue weighted by atomic mass is 9.99. The molecule has 2 aromatic carbocycles. The van der Waals surface area contributed by atoms with Gasteiger partial charge in [0.15, 0.2) is 0 Å². The zero-order chi connectivity index (χ0) is 22.3. The van der Waals surface area contributed by atoms with Gasteiger partial charge in [0.05, 0.1) is 5.56 Å². The molecular weight excluding hydrogens is 399 g/mol. The number of nitrogens with zero attached hydrogens (tertiary/aromatic N) is 2. The van der Waals surface area contributed by atoms with E-state index < -0.39 is 11.7 Å². The van der Waals surface area contributed by atoms with Crippen molar-refractivity contribution < 1.29 is 13.2 Å². The largest absolute Gasteiger partial charge is 0.418 e. The highest BCUT2D eigenvalue weighted by Crippen LogP contribution is 2.34. The van der Waals surface area contributed by atoms with E-state index in [9.17, 15) is 13.2 Å². The summed E-state index contributed by atoms with van der Waals surface area (Å²) in [5, 5.41) is 0. The molecule has 1 atom stereocenters. The van der Waals surface area contributed by atoms with Crippen LogP contribution < -0.4 is 5.73 Å². The van der Waals surface area contributed by atoms with Crippen molar-refractivity contribution in [2.75, 3.05) is 45.0 Å². The molecule has 1 saturated heterocycles. The molecule has 0 amide bonds. The highest BCUT2D eigenvalue weighted by Gasteiger charge is 2.33. The minimum atomic E-state index is -4.41. The minimum absolute atomic E-state index is 0.207. The fraction of sp³-hybridized carbons (Fsp3) is 0.520. The Labute approximate surface area is 184 Å². The fourth-order valence-electron chi connectivity index (χ4n) is 4.49. The number of hydrogen-bond acceptors (Lipinski definition) is 3. The molecule has 0 bridgehead atoms. The molecule has 1 heterocycles. The summed E-state index contributed by atoms with van der Waals surface area (Å²) >= 11 is 0. The Morgan fingerprint density at radius 1 is 1.06 bits per heavy atom. The van der Waals surface area contributed by atoms with Gasteiger partial charge in [-0.05, 0) is 81.0 Å². The number of nitrogens with two attached hydrogens (primary N) is 1. The van der Waals surface area contributed by atoms with Crippen LogP contribution >= 0.6 is 0 Å². The number of benzene rings is 2. The summed E-state index contributed by atoms with van der Waals surface area (Å²) in [6.45, 7) is 8.17. The SMILES string of the molecule is CCCN(CCCN1CCC(c2ccccc2)C1)CCc1ccc(N)c(C(F)(F)F)c1. The van der Waals surface area contributed by atoms with Crippen molar-refractivity contribution in [3.8, 4) is 0 Å². The fourth-order valence-corrected chi connectivity index (χ4v) is 4.49. The van der Waals surface area contributed by atoms with Crippen molar-refractivity contribution in [3.63, 3.8) is 0 Å². The van der Waals surface area contributed by atoms with Crippen molar-refractivity contribution in [1.29, 1.82) is 0 Å². The predicted molar refractivity (Wildman–Crippen MR) is 121 cm³/mol. The maximum Gasteiger partial charge on any atom is 0.418 e. The van der Waals surface area contributed by atoms with E-state index in [0.717, 1.165) is 52.1 Å². The average molecular weight is 434 g/mol. The number of anilines is 1. The van der Waals surface area contributed by atoms with E-state index in [1.54, 1.807) is 6.07 Å². The van der Waals surface area contributed by atoms with Crippen molar-refractivity contribution in [2.24, 2.45) is 0 Å². The molecule has 170 valence electrons. The summed E-state index contributed by atoms with van der Waals surface area (Å²) in [7, 11) is 0. The molecule has 0 saturated carbocycles. The van der Waals surface area contributed by atoms with E-state index in [1.807, 2.05) is 0 Å². The summed E-state index contributed by atoms with van der Waals surface area (Å²) < 4.78 is 39.3. The standard InChI is InChI=1S/C25H34F3N3/c1-2-13-30(16-11-20-9-10-24(29)23(18-20)25(26,27)28)14-6-15-31-17-12-22(19-31)21-7-4-3-5-8-21/h3-5,7-10,18,22H,2,6,11-17,19,29H2,1H3. The van der Waals surface area contributed by atoms with Gasteiger partial charge in [-0.15, -0.1) is 0 Å². The van der Waals surface area contributed by atoms with Crippen LogP contribution in [0.5, 0.6) is 0 Å². The summed E-state index contributed by atoms with van der Waals surface area (Å²) in [5.41, 5.74) is 6.70. The lowest BCUT2D eigenvalue weighted by Crippen LogP contribution is -2.31. The third kappa shape index (κ3) is 6.97. The van der Waals surface area contributed by atoms with Crippen LogP contribution in [0, 0.1) is 0 Å². The van der Waals surface area contributed by atoms with Crippen molar-refractivity contribution in [1.82, 2.24) is 9.80 Å². The lowest BCUT2D eigenvalue weighted by Gasteiger charge is -2.24. The average Bonchev–Trinajstić information content (AvgIpc) is 3.22. The highest BCUT2D eigenvalue weighted by molar-refractivity contribution is 5.50. The van der Waals surface area contributed by atoms with E-state index in [0.29, 0.717) is 17.9 Å². The van der Waals surface area contributed by atoms with E-state index in [2.05, 4.69) is 47.1 Å². The molecule has 3 nitrogen and oxygen atoms in total. The summed E-state index contributed by atoms with van der Waals surface area (Å²) in [6.07, 6.45) is -0.479. The van der Waals surface area contributed by atoms with Crippen LogP contribution in [0.4, 0.5) is 18.9 Å². The van der Waals surface area contributed by atoms with Crippen LogP contribution in [0.25, 0.3) is 0 Å². The molecular formula is C25H34F3N3. The van der Waals surface area contributed by atoms with Gasteiger partial charge in [-0.2, -0.15) is 13.2 Å². The number of hydrogen-bond donors (Lipinski definition) is 1. The molecule has 1 fully saturated rings. The number of rotatable bonds is 10. The quantitative estimate of drug-likeness (QED) is 0.508. The molecule has 0 aromatic heterocycles. The predicted octanol–water partition coefficient (Wildman–Crippen LogP) is 5.42. The number of likely N-dealkylation sites (tertiary alicyclic amines) is 1. The third-order valence-electron chi connectivity index (χ3n) is 6.17. The van der Waals surface area contributed by atoms with Gasteiger partial charge in [0.1, 0.15) is 0 Å². The number of alkyl halides is 3. The molecule has 1 aliphatic rings. The third-order valence-corrected chi connectivity index (χ3v) is 6.17. The topological polar surface area (TPSA) is 32.5 Å². The van der Waals surface area contributed by atoms with Gasteiger partial charge in [-0.3, -0.25) is 0 Å². The van der Waals surface area contributed by atoms with Crippen molar-refractivity contribution in [3.05, 3.63) is 65.2 Å². The molecule has 2 aromatic rings. The van der Waals surface area contributed by atoms with Crippen LogP contribution in [-0.2, 0) is 12.6 Å². The van der Waals surface area contributed by atoms with E-state index in [4.69, 9.17) is 5.73 Å². The molecule has 2 N–H and O–H groups in total. The Bertz CT molecular complexity index is 807. The van der Waals surface area contributed by atoms with Gasteiger partial charge in [0.25, 0.3) is 0 Å². The second-order valence-electron chi connectivity index (χ2n) is 8.56. The van der Waals surface area contributed by atoms with Crippen LogP contribution in [-0.4, -0.2) is 49.1 Å². The highest BCUT2D eigenvalue weighted by atomic mass is 19.4. The first-order valence-electron chi connectivity index (χ1n) is 11.3. The molecule has 0 aliphatic carbocycles. The summed E-state index contributed by atoms with van der Waals surface area (Å²) in [6, 6.07) is 15.0. The molecule has 1 unspecified atom stereocenters. The van der Waals surface area contributed by atoms with E-state index >= 15 is 0 Å². The lowest BCUT2D eigenvalue weighted by molar-refractivity contribution is -0.136. The Morgan fingerprint density at radius 3 is 2.55 bits per heavy atom. The van der Waals surface area contributed by atoms with Gasteiger partial charge < -0.3 is 15.5 Å². The number of nitrogen functional groups attached to an aromatic ring is 1. The first kappa shape index (κ1) is 23.6. The first-order chi connectivity index (χ1) is 14.9. The molecule has 0 spiro atoms. The smallest absolute Gasteiger partial charge is 0.398 e. The zero-order valence-corrected chi connectivity index (χ0v) is 18.4. The first-order valence-corrected chi connectivity index (χ1v) is 11.3. The van der Waals surface area contributed by atoms with Gasteiger partial charge >= 0.3 is 6.18 Å². The second-order valence-corrected chi connectivity index (χ2v) is 8.56. The van der Waals surface area contributed by atoms with Gasteiger partial charge in [0.2, 0.25) is 0 Å². The van der Waals surface area contributed by atoms with E-state index in [1.165, 1.54) is 24.1 Å². The van der Waals surface area contributed by atoms with Crippen molar-refractivity contribution >= 4 is 5.69 Å². The van der Waals surface area contributed by atoms with Gasteiger partial charge in [0, 0.05) is 18.8 Å². The Kier molecular flexibility index (Phi) is 8.38.